The Hall–Kier alpha value is -1.80. The van der Waals surface area contributed by atoms with Crippen LogP contribution in [-0.4, -0.2) is 51.6 Å². The van der Waals surface area contributed by atoms with Crippen molar-refractivity contribution in [2.75, 3.05) is 31.6 Å². The molecule has 2 saturated heterocycles. The summed E-state index contributed by atoms with van der Waals surface area (Å²) < 4.78 is 9.62. The van der Waals surface area contributed by atoms with Crippen LogP contribution in [0.4, 0.5) is 10.9 Å². The first kappa shape index (κ1) is 18.2. The number of hydrogen-bond donors (Lipinski definition) is 1. The fourth-order valence-corrected chi connectivity index (χ4v) is 4.96. The number of aryl methyl sites for hydroxylation is 1. The number of rotatable bonds is 4. The molecule has 2 fully saturated rings. The van der Waals surface area contributed by atoms with Gasteiger partial charge in [0, 0.05) is 16.6 Å². The summed E-state index contributed by atoms with van der Waals surface area (Å²) in [6.07, 6.45) is 4.07. The van der Waals surface area contributed by atoms with Crippen molar-refractivity contribution in [3.63, 3.8) is 0 Å². The van der Waals surface area contributed by atoms with Crippen molar-refractivity contribution in [2.24, 2.45) is 0 Å². The molecule has 1 aromatic carbocycles. The maximum absolute atomic E-state index is 6.63. The zero-order chi connectivity index (χ0) is 19.1. The highest BCUT2D eigenvalue weighted by Gasteiger charge is 2.30. The fourth-order valence-electron chi connectivity index (χ4n) is 3.98. The molecule has 6 nitrogen and oxygen atoms in total. The van der Waals surface area contributed by atoms with Crippen LogP contribution in [0, 0.1) is 6.92 Å². The third-order valence-corrected chi connectivity index (χ3v) is 6.79. The molecule has 8 heteroatoms. The van der Waals surface area contributed by atoms with Gasteiger partial charge in [-0.1, -0.05) is 11.6 Å². The molecule has 0 bridgehead atoms. The lowest BCUT2D eigenvalue weighted by atomic mass is 9.88. The largest absolute Gasteiger partial charge is 0.378 e. The number of aromatic nitrogens is 3. The Bertz CT molecular complexity index is 997. The lowest BCUT2D eigenvalue weighted by Gasteiger charge is -2.41. The zero-order valence-electron chi connectivity index (χ0n) is 15.7. The summed E-state index contributed by atoms with van der Waals surface area (Å²) in [5.74, 6) is 1.06. The Kier molecular flexibility index (Phi) is 4.92. The van der Waals surface area contributed by atoms with Gasteiger partial charge >= 0.3 is 0 Å². The number of piperidine rings is 1. The summed E-state index contributed by atoms with van der Waals surface area (Å²) in [4.78, 5) is 11.7. The van der Waals surface area contributed by atoms with Gasteiger partial charge in [-0.05, 0) is 74.1 Å². The lowest BCUT2D eigenvalue weighted by Crippen LogP contribution is -2.51. The van der Waals surface area contributed by atoms with Crippen molar-refractivity contribution < 1.29 is 4.74 Å². The third kappa shape index (κ3) is 3.59. The van der Waals surface area contributed by atoms with E-state index in [1.165, 1.54) is 17.1 Å². The molecular weight excluding hydrogens is 394 g/mol. The van der Waals surface area contributed by atoms with E-state index >= 15 is 0 Å². The van der Waals surface area contributed by atoms with Crippen LogP contribution in [-0.2, 0) is 4.74 Å². The van der Waals surface area contributed by atoms with E-state index in [9.17, 15) is 0 Å². The highest BCUT2D eigenvalue weighted by molar-refractivity contribution is 7.10. The molecule has 0 spiro atoms. The van der Waals surface area contributed by atoms with Crippen LogP contribution >= 0.6 is 23.1 Å². The van der Waals surface area contributed by atoms with Crippen LogP contribution in [0.3, 0.4) is 0 Å². The maximum Gasteiger partial charge on any atom is 0.228 e. The monoisotopic (exact) mass is 415 g/mol. The summed E-state index contributed by atoms with van der Waals surface area (Å²) >= 11 is 8.05. The molecule has 5 rings (SSSR count). The van der Waals surface area contributed by atoms with E-state index in [1.807, 2.05) is 25.3 Å². The number of hydrogen-bond acceptors (Lipinski definition) is 7. The SMILES string of the molecule is Cc1cc(Nc2ncc3cc(Cl)c(C4CCN(C5COC5)CC4)cc3n2)sn1. The molecule has 0 unspecified atom stereocenters. The Morgan fingerprint density at radius 2 is 2.04 bits per heavy atom. The summed E-state index contributed by atoms with van der Waals surface area (Å²) in [6, 6.07) is 6.76. The molecular formula is C20H22ClN5OS. The number of nitrogens with zero attached hydrogens (tertiary/aromatic N) is 4. The van der Waals surface area contributed by atoms with E-state index in [2.05, 4.69) is 25.6 Å². The Morgan fingerprint density at radius 1 is 1.21 bits per heavy atom. The van der Waals surface area contributed by atoms with E-state index in [0.29, 0.717) is 17.9 Å². The molecule has 1 N–H and O–H groups in total. The van der Waals surface area contributed by atoms with E-state index in [1.54, 1.807) is 0 Å². The standard InChI is InChI=1S/C20H22ClN5OS/c1-12-6-19(28-25-12)24-20-22-9-14-7-17(21)16(8-18(14)23-20)13-2-4-26(5-3-13)15-10-27-11-15/h6-9,13,15H,2-5,10-11H2,1H3,(H,22,23,24). The Balaban J connectivity index is 1.37. The number of benzene rings is 1. The van der Waals surface area contributed by atoms with Gasteiger partial charge in [-0.3, -0.25) is 4.90 Å². The van der Waals surface area contributed by atoms with Gasteiger partial charge in [-0.25, -0.2) is 9.97 Å². The molecule has 28 heavy (non-hydrogen) atoms. The minimum Gasteiger partial charge on any atom is -0.378 e. The second-order valence-electron chi connectivity index (χ2n) is 7.59. The van der Waals surface area contributed by atoms with E-state index < -0.39 is 0 Å². The summed E-state index contributed by atoms with van der Waals surface area (Å²) in [7, 11) is 0. The number of halogens is 1. The second kappa shape index (κ2) is 7.55. The molecule has 0 radical (unpaired) electrons. The predicted octanol–water partition coefficient (Wildman–Crippen LogP) is 4.37. The molecule has 0 amide bonds. The Morgan fingerprint density at radius 3 is 2.71 bits per heavy atom. The second-order valence-corrected chi connectivity index (χ2v) is 8.80. The molecule has 2 aliphatic rings. The van der Waals surface area contributed by atoms with E-state index in [0.717, 1.165) is 65.8 Å². The predicted molar refractivity (Wildman–Crippen MR) is 113 cm³/mol. The van der Waals surface area contributed by atoms with Crippen molar-refractivity contribution in [3.8, 4) is 0 Å². The van der Waals surface area contributed by atoms with Crippen LogP contribution in [0.5, 0.6) is 0 Å². The van der Waals surface area contributed by atoms with Gasteiger partial charge < -0.3 is 10.1 Å². The number of ether oxygens (including phenoxy) is 1. The first-order chi connectivity index (χ1) is 13.7. The van der Waals surface area contributed by atoms with Gasteiger partial charge in [-0.15, -0.1) is 0 Å². The topological polar surface area (TPSA) is 63.2 Å². The minimum atomic E-state index is 0.477. The van der Waals surface area contributed by atoms with Gasteiger partial charge in [0.25, 0.3) is 0 Å². The Labute approximate surface area is 173 Å². The fraction of sp³-hybridized carbons (Fsp3) is 0.450. The average Bonchev–Trinajstić information content (AvgIpc) is 3.05. The number of fused-ring (bicyclic) bond motifs is 1. The van der Waals surface area contributed by atoms with Gasteiger partial charge in [-0.2, -0.15) is 4.37 Å². The van der Waals surface area contributed by atoms with E-state index in [4.69, 9.17) is 21.3 Å². The summed E-state index contributed by atoms with van der Waals surface area (Å²) in [5, 5.41) is 5.97. The van der Waals surface area contributed by atoms with Crippen molar-refractivity contribution >= 4 is 45.0 Å². The van der Waals surface area contributed by atoms with Crippen LogP contribution in [0.15, 0.2) is 24.4 Å². The van der Waals surface area contributed by atoms with E-state index in [-0.39, 0.29) is 0 Å². The van der Waals surface area contributed by atoms with Gasteiger partial charge in [0.2, 0.25) is 5.95 Å². The summed E-state index contributed by atoms with van der Waals surface area (Å²) in [5.41, 5.74) is 3.12. The molecule has 4 heterocycles. The minimum absolute atomic E-state index is 0.477. The van der Waals surface area contributed by atoms with Crippen molar-refractivity contribution in [3.05, 3.63) is 40.7 Å². The molecule has 2 aromatic heterocycles. The quantitative estimate of drug-likeness (QED) is 0.682. The van der Waals surface area contributed by atoms with Crippen LogP contribution in [0.1, 0.15) is 30.0 Å². The highest BCUT2D eigenvalue weighted by Crippen LogP contribution is 2.36. The normalized spacial score (nSPS) is 19.1. The van der Waals surface area contributed by atoms with Crippen molar-refractivity contribution in [2.45, 2.75) is 31.7 Å². The van der Waals surface area contributed by atoms with Crippen molar-refractivity contribution in [1.29, 1.82) is 0 Å². The van der Waals surface area contributed by atoms with Crippen LogP contribution in [0.25, 0.3) is 10.9 Å². The maximum atomic E-state index is 6.63. The first-order valence-electron chi connectivity index (χ1n) is 9.64. The molecule has 0 aliphatic carbocycles. The molecule has 146 valence electrons. The van der Waals surface area contributed by atoms with Crippen LogP contribution < -0.4 is 5.32 Å². The zero-order valence-corrected chi connectivity index (χ0v) is 17.3. The van der Waals surface area contributed by atoms with Crippen LogP contribution in [0.2, 0.25) is 5.02 Å². The highest BCUT2D eigenvalue weighted by atomic mass is 35.5. The lowest BCUT2D eigenvalue weighted by molar-refractivity contribution is -0.0712. The van der Waals surface area contributed by atoms with Gasteiger partial charge in [0.05, 0.1) is 30.5 Å². The smallest absolute Gasteiger partial charge is 0.228 e. The third-order valence-electron chi connectivity index (χ3n) is 5.67. The molecule has 3 aromatic rings. The van der Waals surface area contributed by atoms with Crippen molar-refractivity contribution in [1.82, 2.24) is 19.2 Å². The molecule has 0 atom stereocenters. The summed E-state index contributed by atoms with van der Waals surface area (Å²) in [6.45, 7) is 5.95. The first-order valence-corrected chi connectivity index (χ1v) is 10.8. The average molecular weight is 416 g/mol. The number of nitrogens with one attached hydrogen (secondary N) is 1. The molecule has 0 saturated carbocycles. The van der Waals surface area contributed by atoms with Gasteiger partial charge in [0.15, 0.2) is 0 Å². The number of anilines is 2. The number of likely N-dealkylation sites (tertiary alicyclic amines) is 1. The molecule has 2 aliphatic heterocycles. The van der Waals surface area contributed by atoms with Gasteiger partial charge in [0.1, 0.15) is 5.00 Å².